The number of nitrogens with zero attached hydrogens (tertiary/aromatic N) is 2. The maximum Gasteiger partial charge on any atom is 0.308 e. The van der Waals surface area contributed by atoms with Crippen LogP contribution in [0, 0.1) is 11.8 Å². The van der Waals surface area contributed by atoms with Gasteiger partial charge in [0.15, 0.2) is 5.78 Å². The maximum absolute atomic E-state index is 13.1. The normalized spacial score (nSPS) is 18.6. The number of aromatic nitrogens is 1. The highest BCUT2D eigenvalue weighted by Crippen LogP contribution is 2.30. The quantitative estimate of drug-likeness (QED) is 0.324. The molecule has 1 aliphatic rings. The number of fused-ring (bicyclic) bond motifs is 1. The van der Waals surface area contributed by atoms with Crippen molar-refractivity contribution in [2.24, 2.45) is 11.8 Å². The number of carbonyl (C=O) groups excluding carboxylic acids is 1. The topological polar surface area (TPSA) is 79.7 Å². The van der Waals surface area contributed by atoms with Gasteiger partial charge in [-0.2, -0.15) is 0 Å². The number of pyridine rings is 1. The fourth-order valence-corrected chi connectivity index (χ4v) is 5.59. The minimum Gasteiger partial charge on any atom is -0.497 e. The average molecular weight is 479 g/mol. The summed E-state index contributed by atoms with van der Waals surface area (Å²) in [5, 5.41) is 10.6. The van der Waals surface area contributed by atoms with Gasteiger partial charge in [-0.1, -0.05) is 18.2 Å². The molecule has 0 amide bonds. The maximum atomic E-state index is 13.1. The highest BCUT2D eigenvalue weighted by Gasteiger charge is 2.34. The van der Waals surface area contributed by atoms with Gasteiger partial charge in [0, 0.05) is 47.3 Å². The Morgan fingerprint density at radius 1 is 1.18 bits per heavy atom. The Morgan fingerprint density at radius 3 is 2.76 bits per heavy atom. The second-order valence-corrected chi connectivity index (χ2v) is 9.83. The van der Waals surface area contributed by atoms with Crippen molar-refractivity contribution in [1.82, 2.24) is 9.88 Å². The fourth-order valence-electron chi connectivity index (χ4n) is 4.65. The van der Waals surface area contributed by atoms with E-state index in [2.05, 4.69) is 22.0 Å². The molecule has 0 unspecified atom stereocenters. The zero-order chi connectivity index (χ0) is 23.9. The van der Waals surface area contributed by atoms with Crippen LogP contribution in [0.25, 0.3) is 10.9 Å². The number of aliphatic carboxylic acids is 1. The molecular weight excluding hydrogens is 448 g/mol. The predicted octanol–water partition coefficient (Wildman–Crippen LogP) is 5.02. The Kier molecular flexibility index (Phi) is 8.19. The van der Waals surface area contributed by atoms with E-state index in [4.69, 9.17) is 4.74 Å². The Hall–Kier alpha value is -2.90. The first-order chi connectivity index (χ1) is 16.5. The lowest BCUT2D eigenvalue weighted by Gasteiger charge is -2.36. The molecule has 34 heavy (non-hydrogen) atoms. The molecule has 1 aliphatic heterocycles. The van der Waals surface area contributed by atoms with Crippen LogP contribution in [-0.2, 0) is 4.79 Å². The van der Waals surface area contributed by atoms with Gasteiger partial charge < -0.3 is 14.7 Å². The van der Waals surface area contributed by atoms with Crippen molar-refractivity contribution in [3.05, 3.63) is 66.4 Å². The molecule has 7 heteroatoms. The van der Waals surface area contributed by atoms with Crippen molar-refractivity contribution in [2.75, 3.05) is 32.5 Å². The van der Waals surface area contributed by atoms with Gasteiger partial charge >= 0.3 is 5.97 Å². The summed E-state index contributed by atoms with van der Waals surface area (Å²) < 4.78 is 5.31. The van der Waals surface area contributed by atoms with Crippen LogP contribution in [-0.4, -0.2) is 59.2 Å². The molecule has 0 spiro atoms. The van der Waals surface area contributed by atoms with Gasteiger partial charge in [0.25, 0.3) is 0 Å². The van der Waals surface area contributed by atoms with E-state index in [9.17, 15) is 14.7 Å². The second kappa shape index (κ2) is 11.5. The number of carbonyl (C=O) groups is 2. The molecule has 3 aromatic rings. The molecule has 1 fully saturated rings. The SMILES string of the molecule is COc1ccc2nccc(C(=O)CC[C@H]3CCN(CCSc4ccccc4)C[C@H]3C(=O)O)c2c1. The Labute approximate surface area is 204 Å². The van der Waals surface area contributed by atoms with Crippen molar-refractivity contribution < 1.29 is 19.4 Å². The average Bonchev–Trinajstić information content (AvgIpc) is 2.87. The van der Waals surface area contributed by atoms with Crippen LogP contribution in [0.3, 0.4) is 0 Å². The van der Waals surface area contributed by atoms with Crippen LogP contribution < -0.4 is 4.74 Å². The number of hydrogen-bond acceptors (Lipinski definition) is 6. The van der Waals surface area contributed by atoms with E-state index in [1.807, 2.05) is 36.4 Å². The fraction of sp³-hybridized carbons (Fsp3) is 0.370. The van der Waals surface area contributed by atoms with Crippen LogP contribution in [0.15, 0.2) is 65.7 Å². The molecule has 1 aromatic heterocycles. The highest BCUT2D eigenvalue weighted by molar-refractivity contribution is 7.99. The molecule has 1 saturated heterocycles. The monoisotopic (exact) mass is 478 g/mol. The summed E-state index contributed by atoms with van der Waals surface area (Å²) >= 11 is 1.79. The number of methoxy groups -OCH3 is 1. The minimum atomic E-state index is -0.767. The molecule has 0 aliphatic carbocycles. The standard InChI is InChI=1S/C27H30N2O4S/c1-33-20-8-9-25-23(17-20)22(11-13-28-25)26(30)10-7-19-12-14-29(18-24(19)27(31)32)15-16-34-21-5-3-2-4-6-21/h2-6,8-9,11,13,17,19,24H,7,10,12,14-16,18H2,1H3,(H,31,32)/t19-,24+/m0/s1. The van der Waals surface area contributed by atoms with Gasteiger partial charge in [0.2, 0.25) is 0 Å². The lowest BCUT2D eigenvalue weighted by molar-refractivity contribution is -0.146. The largest absolute Gasteiger partial charge is 0.497 e. The summed E-state index contributed by atoms with van der Waals surface area (Å²) in [4.78, 5) is 32.9. The summed E-state index contributed by atoms with van der Waals surface area (Å²) in [5.41, 5.74) is 1.36. The molecule has 6 nitrogen and oxygen atoms in total. The van der Waals surface area contributed by atoms with Crippen LogP contribution >= 0.6 is 11.8 Å². The summed E-state index contributed by atoms with van der Waals surface area (Å²) in [5.74, 6) is 0.416. The van der Waals surface area contributed by atoms with E-state index in [0.29, 0.717) is 30.7 Å². The van der Waals surface area contributed by atoms with Crippen molar-refractivity contribution in [1.29, 1.82) is 0 Å². The third-order valence-electron chi connectivity index (χ3n) is 6.57. The number of carboxylic acid groups (broad SMARTS) is 1. The number of carboxylic acids is 1. The molecule has 0 bridgehead atoms. The Balaban J connectivity index is 1.34. The number of ether oxygens (including phenoxy) is 1. The number of rotatable bonds is 10. The van der Waals surface area contributed by atoms with E-state index < -0.39 is 11.9 Å². The molecule has 1 N–H and O–H groups in total. The first-order valence-electron chi connectivity index (χ1n) is 11.6. The van der Waals surface area contributed by atoms with E-state index in [0.717, 1.165) is 36.2 Å². The van der Waals surface area contributed by atoms with E-state index >= 15 is 0 Å². The van der Waals surface area contributed by atoms with E-state index in [1.165, 1.54) is 4.90 Å². The number of Topliss-reactive ketones (excluding diaryl/α,β-unsaturated/α-hetero) is 1. The third-order valence-corrected chi connectivity index (χ3v) is 7.56. The van der Waals surface area contributed by atoms with Gasteiger partial charge in [-0.15, -0.1) is 11.8 Å². The number of thioether (sulfide) groups is 1. The van der Waals surface area contributed by atoms with Gasteiger partial charge in [-0.25, -0.2) is 0 Å². The number of hydrogen-bond donors (Lipinski definition) is 1. The van der Waals surface area contributed by atoms with Crippen LogP contribution in [0.2, 0.25) is 0 Å². The van der Waals surface area contributed by atoms with Crippen molar-refractivity contribution >= 4 is 34.4 Å². The van der Waals surface area contributed by atoms with Crippen LogP contribution in [0.1, 0.15) is 29.6 Å². The number of benzene rings is 2. The Morgan fingerprint density at radius 2 is 2.00 bits per heavy atom. The smallest absolute Gasteiger partial charge is 0.308 e. The van der Waals surface area contributed by atoms with Gasteiger partial charge in [-0.3, -0.25) is 14.6 Å². The van der Waals surface area contributed by atoms with Gasteiger partial charge in [-0.05, 0) is 61.7 Å². The summed E-state index contributed by atoms with van der Waals surface area (Å²) in [7, 11) is 1.60. The Bertz CT molecular complexity index is 1140. The van der Waals surface area contributed by atoms with E-state index in [-0.39, 0.29) is 11.7 Å². The van der Waals surface area contributed by atoms with Crippen LogP contribution in [0.5, 0.6) is 5.75 Å². The molecule has 0 radical (unpaired) electrons. The second-order valence-electron chi connectivity index (χ2n) is 8.66. The van der Waals surface area contributed by atoms with Crippen LogP contribution in [0.4, 0.5) is 0 Å². The first kappa shape index (κ1) is 24.2. The highest BCUT2D eigenvalue weighted by atomic mass is 32.2. The predicted molar refractivity (Wildman–Crippen MR) is 135 cm³/mol. The molecule has 0 saturated carbocycles. The van der Waals surface area contributed by atoms with Crippen molar-refractivity contribution in [3.8, 4) is 5.75 Å². The minimum absolute atomic E-state index is 0.00196. The van der Waals surface area contributed by atoms with Crippen molar-refractivity contribution in [3.63, 3.8) is 0 Å². The number of ketones is 1. The molecule has 2 atom stereocenters. The first-order valence-corrected chi connectivity index (χ1v) is 12.6. The number of likely N-dealkylation sites (tertiary alicyclic amines) is 1. The zero-order valence-corrected chi connectivity index (χ0v) is 20.2. The van der Waals surface area contributed by atoms with Gasteiger partial charge in [0.1, 0.15) is 5.75 Å². The summed E-state index contributed by atoms with van der Waals surface area (Å²) in [6.45, 7) is 2.27. The summed E-state index contributed by atoms with van der Waals surface area (Å²) in [6.07, 6.45) is 3.35. The third kappa shape index (κ3) is 5.96. The molecule has 2 heterocycles. The van der Waals surface area contributed by atoms with E-state index in [1.54, 1.807) is 31.1 Å². The van der Waals surface area contributed by atoms with Crippen molar-refractivity contribution in [2.45, 2.75) is 24.2 Å². The molecule has 2 aromatic carbocycles. The zero-order valence-electron chi connectivity index (χ0n) is 19.4. The molecule has 178 valence electrons. The summed E-state index contributed by atoms with van der Waals surface area (Å²) in [6, 6.07) is 17.5. The molecular formula is C27H30N2O4S. The lowest BCUT2D eigenvalue weighted by Crippen LogP contribution is -2.44. The molecule has 4 rings (SSSR count). The van der Waals surface area contributed by atoms with Gasteiger partial charge in [0.05, 0.1) is 18.5 Å². The lowest BCUT2D eigenvalue weighted by atomic mass is 9.81. The number of piperidine rings is 1.